The molecule has 0 aliphatic rings. The second-order valence-corrected chi connectivity index (χ2v) is 4.70. The van der Waals surface area contributed by atoms with Gasteiger partial charge in [0.15, 0.2) is 0 Å². The van der Waals surface area contributed by atoms with Crippen LogP contribution in [-0.2, 0) is 0 Å². The van der Waals surface area contributed by atoms with Crippen LogP contribution in [0.4, 0.5) is 0 Å². The SMILES string of the molecule is NC(=O)c1cc(-c2csc(S)n2)ccc1O. The van der Waals surface area contributed by atoms with Crippen molar-refractivity contribution >= 4 is 29.9 Å². The maximum absolute atomic E-state index is 11.0. The number of phenols is 1. The third-order valence-corrected chi connectivity index (χ3v) is 3.11. The van der Waals surface area contributed by atoms with E-state index >= 15 is 0 Å². The number of nitrogens with two attached hydrogens (primary N) is 1. The van der Waals surface area contributed by atoms with E-state index in [1.54, 1.807) is 6.07 Å². The van der Waals surface area contributed by atoms with Gasteiger partial charge in [0.2, 0.25) is 0 Å². The normalized spacial score (nSPS) is 10.3. The summed E-state index contributed by atoms with van der Waals surface area (Å²) in [6.45, 7) is 0. The molecule has 0 aliphatic heterocycles. The fraction of sp³-hybridized carbons (Fsp3) is 0. The Balaban J connectivity index is 2.51. The Labute approximate surface area is 101 Å². The first-order chi connectivity index (χ1) is 7.58. The van der Waals surface area contributed by atoms with E-state index in [9.17, 15) is 9.90 Å². The Hall–Kier alpha value is -1.53. The number of benzene rings is 1. The van der Waals surface area contributed by atoms with Crippen molar-refractivity contribution in [1.29, 1.82) is 0 Å². The zero-order chi connectivity index (χ0) is 11.7. The molecule has 2 rings (SSSR count). The molecule has 0 atom stereocenters. The van der Waals surface area contributed by atoms with Crippen molar-refractivity contribution in [3.05, 3.63) is 29.1 Å². The van der Waals surface area contributed by atoms with Gasteiger partial charge in [0.1, 0.15) is 10.1 Å². The predicted octanol–water partition coefficient (Wildman–Crippen LogP) is 1.90. The Morgan fingerprint density at radius 2 is 2.25 bits per heavy atom. The number of aromatic hydroxyl groups is 1. The molecule has 1 aromatic carbocycles. The summed E-state index contributed by atoms with van der Waals surface area (Å²) in [7, 11) is 0. The average Bonchev–Trinajstić information content (AvgIpc) is 2.65. The molecule has 3 N–H and O–H groups in total. The van der Waals surface area contributed by atoms with Crippen LogP contribution >= 0.6 is 24.0 Å². The minimum Gasteiger partial charge on any atom is -0.507 e. The van der Waals surface area contributed by atoms with Gasteiger partial charge in [-0.25, -0.2) is 4.98 Å². The maximum atomic E-state index is 11.0. The molecule has 6 heteroatoms. The van der Waals surface area contributed by atoms with Gasteiger partial charge in [0.25, 0.3) is 5.91 Å². The molecule has 0 saturated carbocycles. The summed E-state index contributed by atoms with van der Waals surface area (Å²) < 4.78 is 0.642. The number of thiazole rings is 1. The van der Waals surface area contributed by atoms with E-state index in [2.05, 4.69) is 17.6 Å². The molecule has 0 bridgehead atoms. The summed E-state index contributed by atoms with van der Waals surface area (Å²) in [6.07, 6.45) is 0. The summed E-state index contributed by atoms with van der Waals surface area (Å²) in [5.74, 6) is -0.793. The number of thiol groups is 1. The van der Waals surface area contributed by atoms with Gasteiger partial charge < -0.3 is 10.8 Å². The van der Waals surface area contributed by atoms with Crippen LogP contribution in [0.1, 0.15) is 10.4 Å². The summed E-state index contributed by atoms with van der Waals surface area (Å²) in [4.78, 5) is 15.2. The summed E-state index contributed by atoms with van der Waals surface area (Å²) in [5.41, 5.74) is 6.66. The van der Waals surface area contributed by atoms with Crippen LogP contribution in [0.2, 0.25) is 0 Å². The Morgan fingerprint density at radius 1 is 1.50 bits per heavy atom. The number of primary amides is 1. The van der Waals surface area contributed by atoms with E-state index in [1.807, 2.05) is 5.38 Å². The minimum atomic E-state index is -0.666. The molecule has 4 nitrogen and oxygen atoms in total. The number of hydrogen-bond acceptors (Lipinski definition) is 5. The molecule has 0 aliphatic carbocycles. The van der Waals surface area contributed by atoms with Crippen LogP contribution in [0.5, 0.6) is 5.75 Å². The van der Waals surface area contributed by atoms with Gasteiger partial charge in [-0.1, -0.05) is 0 Å². The fourth-order valence-corrected chi connectivity index (χ4v) is 2.11. The topological polar surface area (TPSA) is 76.2 Å². The fourth-order valence-electron chi connectivity index (χ4n) is 1.29. The second-order valence-electron chi connectivity index (χ2n) is 3.11. The number of carbonyl (C=O) groups is 1. The minimum absolute atomic E-state index is 0.0891. The third-order valence-electron chi connectivity index (χ3n) is 2.05. The summed E-state index contributed by atoms with van der Waals surface area (Å²) >= 11 is 5.50. The van der Waals surface area contributed by atoms with Gasteiger partial charge in [0.05, 0.1) is 11.3 Å². The molecule has 0 saturated heterocycles. The third kappa shape index (κ3) is 2.02. The molecule has 2 aromatic rings. The highest BCUT2D eigenvalue weighted by molar-refractivity contribution is 7.82. The van der Waals surface area contributed by atoms with Gasteiger partial charge in [-0.05, 0) is 18.2 Å². The zero-order valence-corrected chi connectivity index (χ0v) is 9.76. The first-order valence-corrected chi connectivity index (χ1v) is 5.68. The van der Waals surface area contributed by atoms with E-state index in [1.165, 1.54) is 23.5 Å². The van der Waals surface area contributed by atoms with Gasteiger partial charge in [0, 0.05) is 10.9 Å². The van der Waals surface area contributed by atoms with E-state index in [0.717, 1.165) is 5.56 Å². The van der Waals surface area contributed by atoms with Gasteiger partial charge >= 0.3 is 0 Å². The van der Waals surface area contributed by atoms with Crippen LogP contribution in [0, 0.1) is 0 Å². The number of amides is 1. The van der Waals surface area contributed by atoms with E-state index < -0.39 is 5.91 Å². The Kier molecular flexibility index (Phi) is 2.84. The molecule has 0 unspecified atom stereocenters. The smallest absolute Gasteiger partial charge is 0.252 e. The zero-order valence-electron chi connectivity index (χ0n) is 8.04. The lowest BCUT2D eigenvalue weighted by Gasteiger charge is -2.02. The van der Waals surface area contributed by atoms with Crippen molar-refractivity contribution in [2.45, 2.75) is 4.34 Å². The standard InChI is InChI=1S/C10H8N2O2S2/c11-9(14)6-3-5(1-2-8(6)13)7-4-16-10(15)12-7/h1-4,13H,(H2,11,14)(H,12,15). The van der Waals surface area contributed by atoms with E-state index in [-0.39, 0.29) is 11.3 Å². The largest absolute Gasteiger partial charge is 0.507 e. The van der Waals surface area contributed by atoms with Gasteiger partial charge in [-0.2, -0.15) is 0 Å². The highest BCUT2D eigenvalue weighted by atomic mass is 32.2. The molecule has 0 spiro atoms. The van der Waals surface area contributed by atoms with Crippen molar-refractivity contribution in [1.82, 2.24) is 4.98 Å². The predicted molar refractivity (Wildman–Crippen MR) is 65.0 cm³/mol. The summed E-state index contributed by atoms with van der Waals surface area (Å²) in [5, 5.41) is 11.2. The molecule has 1 aromatic heterocycles. The number of carbonyl (C=O) groups excluding carboxylic acids is 1. The van der Waals surface area contributed by atoms with Crippen molar-refractivity contribution in [3.63, 3.8) is 0 Å². The van der Waals surface area contributed by atoms with Crippen LogP contribution < -0.4 is 5.73 Å². The molecule has 1 heterocycles. The van der Waals surface area contributed by atoms with Crippen LogP contribution in [0.3, 0.4) is 0 Å². The molecular formula is C10H8N2O2S2. The molecule has 0 radical (unpaired) electrons. The lowest BCUT2D eigenvalue weighted by Crippen LogP contribution is -2.11. The molecular weight excluding hydrogens is 244 g/mol. The number of hydrogen-bond donors (Lipinski definition) is 3. The van der Waals surface area contributed by atoms with Crippen LogP contribution in [0.25, 0.3) is 11.3 Å². The lowest BCUT2D eigenvalue weighted by molar-refractivity contribution is 0.0998. The first-order valence-electron chi connectivity index (χ1n) is 4.35. The number of aromatic nitrogens is 1. The molecule has 1 amide bonds. The molecule has 16 heavy (non-hydrogen) atoms. The van der Waals surface area contributed by atoms with Gasteiger partial charge in [-0.15, -0.1) is 24.0 Å². The van der Waals surface area contributed by atoms with Crippen molar-refractivity contribution in [3.8, 4) is 17.0 Å². The van der Waals surface area contributed by atoms with Gasteiger partial charge in [-0.3, -0.25) is 4.79 Å². The van der Waals surface area contributed by atoms with Crippen LogP contribution in [0.15, 0.2) is 27.9 Å². The first kappa shape index (κ1) is 11.0. The number of rotatable bonds is 2. The summed E-state index contributed by atoms with van der Waals surface area (Å²) in [6, 6.07) is 4.61. The Morgan fingerprint density at radius 3 is 2.81 bits per heavy atom. The van der Waals surface area contributed by atoms with E-state index in [4.69, 9.17) is 5.73 Å². The van der Waals surface area contributed by atoms with Crippen molar-refractivity contribution < 1.29 is 9.90 Å². The van der Waals surface area contributed by atoms with E-state index in [0.29, 0.717) is 10.0 Å². The monoisotopic (exact) mass is 252 g/mol. The van der Waals surface area contributed by atoms with Crippen LogP contribution in [-0.4, -0.2) is 16.0 Å². The highest BCUT2D eigenvalue weighted by Crippen LogP contribution is 2.27. The molecule has 82 valence electrons. The highest BCUT2D eigenvalue weighted by Gasteiger charge is 2.10. The van der Waals surface area contributed by atoms with Crippen molar-refractivity contribution in [2.24, 2.45) is 5.73 Å². The lowest BCUT2D eigenvalue weighted by atomic mass is 10.1. The second kappa shape index (κ2) is 4.15. The molecule has 0 fully saturated rings. The maximum Gasteiger partial charge on any atom is 0.252 e. The average molecular weight is 252 g/mol. The van der Waals surface area contributed by atoms with Crippen molar-refractivity contribution in [2.75, 3.05) is 0 Å². The quantitative estimate of drug-likeness (QED) is 0.714. The number of nitrogens with zero attached hydrogens (tertiary/aromatic N) is 1. The Bertz CT molecular complexity index is 552.